The van der Waals surface area contributed by atoms with Crippen LogP contribution in [0.4, 0.5) is 0 Å². The van der Waals surface area contributed by atoms with Crippen LogP contribution in [0.5, 0.6) is 0 Å². The summed E-state index contributed by atoms with van der Waals surface area (Å²) in [6.07, 6.45) is 8.86. The number of nitrogens with one attached hydrogen (secondary N) is 1. The Labute approximate surface area is 134 Å². The molecule has 2 rings (SSSR count). The van der Waals surface area contributed by atoms with Crippen LogP contribution >= 0.6 is 0 Å². The van der Waals surface area contributed by atoms with Gasteiger partial charge in [-0.1, -0.05) is 25.2 Å². The predicted molar refractivity (Wildman–Crippen MR) is 89.1 cm³/mol. The SMILES string of the molecule is CCC(=O)NC1[CH]C(C(=O)N2CCCN(C)CC2C)=CC=C1.[HH]. The Bertz CT molecular complexity index is 490. The maximum absolute atomic E-state index is 12.8. The Kier molecular flexibility index (Phi) is 5.77. The van der Waals surface area contributed by atoms with Crippen LogP contribution in [0.15, 0.2) is 23.8 Å². The van der Waals surface area contributed by atoms with Crippen molar-refractivity contribution < 1.29 is 11.0 Å². The van der Waals surface area contributed by atoms with Crippen molar-refractivity contribution in [2.75, 3.05) is 26.7 Å². The summed E-state index contributed by atoms with van der Waals surface area (Å²) in [5, 5.41) is 2.89. The quantitative estimate of drug-likeness (QED) is 0.857. The van der Waals surface area contributed by atoms with E-state index in [1.54, 1.807) is 0 Å². The van der Waals surface area contributed by atoms with E-state index in [1.807, 2.05) is 36.5 Å². The molecule has 1 fully saturated rings. The molecule has 2 amide bonds. The number of rotatable bonds is 3. The number of carbonyl (C=O) groups is 2. The van der Waals surface area contributed by atoms with Crippen LogP contribution in [0, 0.1) is 6.42 Å². The van der Waals surface area contributed by atoms with E-state index in [0.29, 0.717) is 12.0 Å². The molecular weight excluding hydrogens is 278 g/mol. The molecule has 1 radical (unpaired) electrons. The lowest BCUT2D eigenvalue weighted by molar-refractivity contribution is -0.129. The van der Waals surface area contributed by atoms with Crippen LogP contribution in [0.3, 0.4) is 0 Å². The first kappa shape index (κ1) is 16.7. The Morgan fingerprint density at radius 3 is 2.91 bits per heavy atom. The second-order valence-corrected chi connectivity index (χ2v) is 6.08. The van der Waals surface area contributed by atoms with E-state index in [0.717, 1.165) is 26.1 Å². The van der Waals surface area contributed by atoms with Crippen molar-refractivity contribution in [2.24, 2.45) is 0 Å². The van der Waals surface area contributed by atoms with Crippen LogP contribution in [0.2, 0.25) is 0 Å². The van der Waals surface area contributed by atoms with Gasteiger partial charge in [-0.25, -0.2) is 0 Å². The molecule has 22 heavy (non-hydrogen) atoms. The highest BCUT2D eigenvalue weighted by atomic mass is 16.2. The largest absolute Gasteiger partial charge is 0.349 e. The zero-order valence-electron chi connectivity index (χ0n) is 13.7. The summed E-state index contributed by atoms with van der Waals surface area (Å²) in [5.74, 6) is 0.0484. The fraction of sp³-hybridized carbons (Fsp3) is 0.588. The fourth-order valence-electron chi connectivity index (χ4n) is 2.94. The third kappa shape index (κ3) is 4.19. The minimum absolute atomic E-state index is 0. The Hall–Kier alpha value is -1.62. The van der Waals surface area contributed by atoms with Gasteiger partial charge in [0.05, 0.1) is 6.04 Å². The summed E-state index contributed by atoms with van der Waals surface area (Å²) in [7, 11) is 2.09. The summed E-state index contributed by atoms with van der Waals surface area (Å²) < 4.78 is 0. The third-order valence-electron chi connectivity index (χ3n) is 4.16. The van der Waals surface area contributed by atoms with Crippen molar-refractivity contribution in [3.8, 4) is 0 Å². The number of amides is 2. The lowest BCUT2D eigenvalue weighted by Crippen LogP contribution is -2.44. The molecule has 5 nitrogen and oxygen atoms in total. The Morgan fingerprint density at radius 1 is 1.41 bits per heavy atom. The normalized spacial score (nSPS) is 26.3. The van der Waals surface area contributed by atoms with Crippen molar-refractivity contribution in [3.05, 3.63) is 30.2 Å². The standard InChI is InChI=1S/C17H26N3O2.H2/c1-4-16(21)18-15-8-5-7-14(11-15)17(22)20-10-6-9-19(3)12-13(20)2;/h5,7-8,11,13,15H,4,6,9-10,12H2,1-3H3,(H,18,21);1H. The number of hydrogen-bond donors (Lipinski definition) is 1. The van der Waals surface area contributed by atoms with Gasteiger partial charge in [0.1, 0.15) is 0 Å². The van der Waals surface area contributed by atoms with E-state index in [4.69, 9.17) is 0 Å². The van der Waals surface area contributed by atoms with Gasteiger partial charge < -0.3 is 15.1 Å². The summed E-state index contributed by atoms with van der Waals surface area (Å²) in [4.78, 5) is 28.5. The van der Waals surface area contributed by atoms with Crippen molar-refractivity contribution >= 4 is 11.8 Å². The second kappa shape index (κ2) is 7.58. The molecule has 2 atom stereocenters. The van der Waals surface area contributed by atoms with Gasteiger partial charge in [-0.05, 0) is 26.9 Å². The molecule has 2 unspecified atom stereocenters. The summed E-state index contributed by atoms with van der Waals surface area (Å²) in [6.45, 7) is 6.61. The van der Waals surface area contributed by atoms with E-state index in [2.05, 4.69) is 24.2 Å². The zero-order valence-corrected chi connectivity index (χ0v) is 13.7. The number of hydrogen-bond acceptors (Lipinski definition) is 3. The average Bonchev–Trinajstić information content (AvgIpc) is 2.67. The van der Waals surface area contributed by atoms with Crippen LogP contribution in [-0.2, 0) is 9.59 Å². The van der Waals surface area contributed by atoms with E-state index in [9.17, 15) is 9.59 Å². The number of nitrogens with zero attached hydrogens (tertiary/aromatic N) is 2. The highest BCUT2D eigenvalue weighted by molar-refractivity contribution is 5.97. The topological polar surface area (TPSA) is 52.7 Å². The van der Waals surface area contributed by atoms with E-state index >= 15 is 0 Å². The fourth-order valence-corrected chi connectivity index (χ4v) is 2.94. The van der Waals surface area contributed by atoms with Gasteiger partial charge in [0.15, 0.2) is 0 Å². The molecule has 0 saturated carbocycles. The maximum Gasteiger partial charge on any atom is 0.250 e. The first-order chi connectivity index (χ1) is 10.5. The molecule has 0 aromatic rings. The maximum atomic E-state index is 12.8. The molecule has 1 heterocycles. The smallest absolute Gasteiger partial charge is 0.250 e. The molecule has 1 saturated heterocycles. The molecule has 0 aromatic heterocycles. The van der Waals surface area contributed by atoms with Crippen LogP contribution in [-0.4, -0.2) is 60.4 Å². The van der Waals surface area contributed by atoms with Crippen molar-refractivity contribution in [1.82, 2.24) is 15.1 Å². The first-order valence-electron chi connectivity index (χ1n) is 8.03. The van der Waals surface area contributed by atoms with Gasteiger partial charge in [0.2, 0.25) is 11.8 Å². The van der Waals surface area contributed by atoms with Gasteiger partial charge in [-0.15, -0.1) is 0 Å². The number of likely N-dealkylation sites (N-methyl/N-ethyl adjacent to an activating group) is 1. The Morgan fingerprint density at radius 2 is 2.18 bits per heavy atom. The minimum atomic E-state index is -0.193. The van der Waals surface area contributed by atoms with Crippen molar-refractivity contribution in [2.45, 2.75) is 38.8 Å². The average molecular weight is 306 g/mol. The van der Waals surface area contributed by atoms with E-state index in [1.165, 1.54) is 0 Å². The predicted octanol–water partition coefficient (Wildman–Crippen LogP) is 1.38. The number of carbonyl (C=O) groups excluding carboxylic acids is 2. The molecule has 1 aliphatic heterocycles. The number of allylic oxidation sites excluding steroid dienone is 2. The van der Waals surface area contributed by atoms with Gasteiger partial charge in [-0.3, -0.25) is 9.59 Å². The lowest BCUT2D eigenvalue weighted by Gasteiger charge is -2.30. The molecule has 123 valence electrons. The molecule has 2 aliphatic rings. The molecule has 0 aromatic carbocycles. The van der Waals surface area contributed by atoms with Crippen molar-refractivity contribution in [1.29, 1.82) is 0 Å². The highest BCUT2D eigenvalue weighted by Crippen LogP contribution is 2.18. The minimum Gasteiger partial charge on any atom is -0.349 e. The van der Waals surface area contributed by atoms with Crippen LogP contribution in [0.25, 0.3) is 0 Å². The summed E-state index contributed by atoms with van der Waals surface area (Å²) in [6, 6.07) is 0.00486. The Balaban J connectivity index is 0.00000264. The van der Waals surface area contributed by atoms with E-state index in [-0.39, 0.29) is 25.3 Å². The highest BCUT2D eigenvalue weighted by Gasteiger charge is 2.28. The monoisotopic (exact) mass is 306 g/mol. The third-order valence-corrected chi connectivity index (χ3v) is 4.16. The molecule has 0 bridgehead atoms. The molecular formula is C17H28N3O2. The van der Waals surface area contributed by atoms with E-state index < -0.39 is 0 Å². The molecule has 5 heteroatoms. The molecule has 0 spiro atoms. The first-order valence-corrected chi connectivity index (χ1v) is 8.03. The summed E-state index contributed by atoms with van der Waals surface area (Å²) in [5.41, 5.74) is 0.667. The van der Waals surface area contributed by atoms with Crippen LogP contribution < -0.4 is 5.32 Å². The zero-order chi connectivity index (χ0) is 16.1. The lowest BCUT2D eigenvalue weighted by atomic mass is 9.98. The second-order valence-electron chi connectivity index (χ2n) is 6.08. The van der Waals surface area contributed by atoms with Gasteiger partial charge in [0, 0.05) is 39.0 Å². The summed E-state index contributed by atoms with van der Waals surface area (Å²) >= 11 is 0. The van der Waals surface area contributed by atoms with Gasteiger partial charge in [-0.2, -0.15) is 0 Å². The van der Waals surface area contributed by atoms with Gasteiger partial charge in [0.25, 0.3) is 0 Å². The van der Waals surface area contributed by atoms with Gasteiger partial charge >= 0.3 is 0 Å². The molecule has 1 aliphatic carbocycles. The van der Waals surface area contributed by atoms with Crippen LogP contribution in [0.1, 0.15) is 28.1 Å². The van der Waals surface area contributed by atoms with Crippen molar-refractivity contribution in [3.63, 3.8) is 0 Å². The molecule has 1 N–H and O–H groups in total.